The minimum Gasteiger partial charge on any atom is -0.388 e. The van der Waals surface area contributed by atoms with E-state index >= 15 is 0 Å². The molecule has 0 aliphatic carbocycles. The Kier molecular flexibility index (Phi) is 3.97. The third-order valence-electron chi connectivity index (χ3n) is 2.87. The first-order valence-electron chi connectivity index (χ1n) is 5.92. The molecule has 2 aliphatic rings. The van der Waals surface area contributed by atoms with E-state index in [1.165, 1.54) is 19.3 Å². The third kappa shape index (κ3) is 3.14. The van der Waals surface area contributed by atoms with Crippen molar-refractivity contribution in [2.24, 2.45) is 0 Å². The lowest BCUT2D eigenvalue weighted by Crippen LogP contribution is -2.38. The van der Waals surface area contributed by atoms with E-state index < -0.39 is 12.4 Å². The summed E-state index contributed by atoms with van der Waals surface area (Å²) in [5.41, 5.74) is 0. The summed E-state index contributed by atoms with van der Waals surface area (Å²) in [5, 5.41) is 9.64. The highest BCUT2D eigenvalue weighted by Gasteiger charge is 2.49. The first-order chi connectivity index (χ1) is 7.31. The van der Waals surface area contributed by atoms with Gasteiger partial charge in [0.05, 0.1) is 0 Å². The van der Waals surface area contributed by atoms with Crippen LogP contribution in [0.2, 0.25) is 0 Å². The van der Waals surface area contributed by atoms with Crippen LogP contribution < -0.4 is 0 Å². The van der Waals surface area contributed by atoms with E-state index in [4.69, 9.17) is 14.2 Å². The summed E-state index contributed by atoms with van der Waals surface area (Å²) in [5.74, 6) is 0. The predicted octanol–water partition coefficient (Wildman–Crippen LogP) is 1.42. The van der Waals surface area contributed by atoms with Crippen molar-refractivity contribution < 1.29 is 19.3 Å². The highest BCUT2D eigenvalue weighted by atomic mass is 16.8. The normalized spacial score (nSPS) is 38.8. The Morgan fingerprint density at radius 2 is 2.13 bits per heavy atom. The van der Waals surface area contributed by atoms with Gasteiger partial charge in [-0.25, -0.2) is 0 Å². The quantitative estimate of drug-likeness (QED) is 0.539. The second-order valence-corrected chi connectivity index (χ2v) is 4.28. The van der Waals surface area contributed by atoms with Crippen LogP contribution in [-0.2, 0) is 14.2 Å². The van der Waals surface area contributed by atoms with Crippen molar-refractivity contribution in [3.63, 3.8) is 0 Å². The van der Waals surface area contributed by atoms with Gasteiger partial charge in [-0.1, -0.05) is 26.2 Å². The third-order valence-corrected chi connectivity index (χ3v) is 2.87. The molecule has 4 atom stereocenters. The number of ether oxygens (including phenoxy) is 3. The molecule has 4 nitrogen and oxygen atoms in total. The van der Waals surface area contributed by atoms with Crippen LogP contribution in [0.15, 0.2) is 0 Å². The first kappa shape index (κ1) is 11.3. The Hall–Kier alpha value is -0.160. The van der Waals surface area contributed by atoms with Crippen molar-refractivity contribution in [3.8, 4) is 0 Å². The molecular formula is C11H20O4. The van der Waals surface area contributed by atoms with Gasteiger partial charge in [-0.3, -0.25) is 0 Å². The Labute approximate surface area is 90.5 Å². The maximum atomic E-state index is 9.64. The van der Waals surface area contributed by atoms with Crippen molar-refractivity contribution in [1.29, 1.82) is 0 Å². The highest BCUT2D eigenvalue weighted by molar-refractivity contribution is 4.86. The van der Waals surface area contributed by atoms with Gasteiger partial charge in [-0.05, 0) is 6.42 Å². The molecule has 0 saturated carbocycles. The first-order valence-corrected chi connectivity index (χ1v) is 5.92. The molecule has 0 bridgehead atoms. The summed E-state index contributed by atoms with van der Waals surface area (Å²) in [7, 11) is 0. The maximum Gasteiger partial charge on any atom is 0.187 e. The van der Waals surface area contributed by atoms with E-state index in [1.807, 2.05) is 0 Å². The van der Waals surface area contributed by atoms with E-state index in [-0.39, 0.29) is 12.4 Å². The molecule has 4 unspecified atom stereocenters. The van der Waals surface area contributed by atoms with E-state index in [9.17, 15) is 5.11 Å². The van der Waals surface area contributed by atoms with Crippen molar-refractivity contribution in [3.05, 3.63) is 0 Å². The summed E-state index contributed by atoms with van der Waals surface area (Å²) >= 11 is 0. The Morgan fingerprint density at radius 1 is 1.27 bits per heavy atom. The number of hydrogen-bond acceptors (Lipinski definition) is 4. The molecule has 0 radical (unpaired) electrons. The van der Waals surface area contributed by atoms with Gasteiger partial charge in [0.2, 0.25) is 0 Å². The lowest BCUT2D eigenvalue weighted by Gasteiger charge is -2.25. The van der Waals surface area contributed by atoms with Crippen LogP contribution in [-0.4, -0.2) is 36.5 Å². The number of epoxide rings is 1. The molecule has 4 heteroatoms. The minimum absolute atomic E-state index is 0.111. The molecule has 0 aromatic carbocycles. The number of hydrogen-bond donors (Lipinski definition) is 1. The van der Waals surface area contributed by atoms with Crippen LogP contribution in [0.1, 0.15) is 39.0 Å². The fraction of sp³-hybridized carbons (Fsp3) is 1.00. The van der Waals surface area contributed by atoms with Crippen LogP contribution in [0.4, 0.5) is 0 Å². The molecule has 0 aromatic heterocycles. The van der Waals surface area contributed by atoms with Crippen LogP contribution in [0.3, 0.4) is 0 Å². The lowest BCUT2D eigenvalue weighted by atomic mass is 10.1. The van der Waals surface area contributed by atoms with E-state index in [0.29, 0.717) is 13.0 Å². The zero-order valence-corrected chi connectivity index (χ0v) is 9.22. The number of aliphatic hydroxyl groups excluding tert-OH is 1. The number of fused-ring (bicyclic) bond motifs is 1. The molecule has 2 saturated heterocycles. The SMILES string of the molecule is CCCCCCOC1OC2OC2CC1O. The molecule has 0 aromatic rings. The van der Waals surface area contributed by atoms with Crippen LogP contribution in [0.25, 0.3) is 0 Å². The topological polar surface area (TPSA) is 51.2 Å². The molecule has 0 spiro atoms. The van der Waals surface area contributed by atoms with E-state index in [2.05, 4.69) is 6.92 Å². The van der Waals surface area contributed by atoms with Crippen molar-refractivity contribution in [1.82, 2.24) is 0 Å². The summed E-state index contributed by atoms with van der Waals surface area (Å²) in [4.78, 5) is 0. The maximum absolute atomic E-state index is 9.64. The Balaban J connectivity index is 1.57. The molecule has 2 heterocycles. The van der Waals surface area contributed by atoms with Gasteiger partial charge in [0.15, 0.2) is 12.6 Å². The summed E-state index contributed by atoms with van der Waals surface area (Å²) in [6.45, 7) is 2.85. The van der Waals surface area contributed by atoms with Gasteiger partial charge in [-0.2, -0.15) is 0 Å². The van der Waals surface area contributed by atoms with Gasteiger partial charge >= 0.3 is 0 Å². The predicted molar refractivity (Wildman–Crippen MR) is 54.3 cm³/mol. The average molecular weight is 216 g/mol. The fourth-order valence-electron chi connectivity index (χ4n) is 1.86. The number of unbranched alkanes of at least 4 members (excludes halogenated alkanes) is 3. The van der Waals surface area contributed by atoms with E-state index in [0.717, 1.165) is 6.42 Å². The fourth-order valence-corrected chi connectivity index (χ4v) is 1.86. The molecule has 1 N–H and O–H groups in total. The number of rotatable bonds is 6. The molecule has 2 aliphatic heterocycles. The summed E-state index contributed by atoms with van der Waals surface area (Å²) < 4.78 is 16.0. The van der Waals surface area contributed by atoms with Crippen LogP contribution in [0, 0.1) is 0 Å². The van der Waals surface area contributed by atoms with Crippen molar-refractivity contribution in [2.45, 2.75) is 63.8 Å². The van der Waals surface area contributed by atoms with Gasteiger partial charge in [0.25, 0.3) is 0 Å². The zero-order valence-electron chi connectivity index (χ0n) is 9.22. The zero-order chi connectivity index (χ0) is 10.7. The van der Waals surface area contributed by atoms with Crippen LogP contribution in [0.5, 0.6) is 0 Å². The molecule has 15 heavy (non-hydrogen) atoms. The van der Waals surface area contributed by atoms with E-state index in [1.54, 1.807) is 0 Å². The standard InChI is InChI=1S/C11H20O4/c1-2-3-4-5-6-13-10-8(12)7-9-11(14-9)15-10/h8-12H,2-7H2,1H3. The highest BCUT2D eigenvalue weighted by Crippen LogP contribution is 2.35. The molecule has 0 amide bonds. The molecule has 88 valence electrons. The largest absolute Gasteiger partial charge is 0.388 e. The Bertz CT molecular complexity index is 197. The van der Waals surface area contributed by atoms with Gasteiger partial charge in [-0.15, -0.1) is 0 Å². The van der Waals surface area contributed by atoms with Crippen LogP contribution >= 0.6 is 0 Å². The Morgan fingerprint density at radius 3 is 2.93 bits per heavy atom. The average Bonchev–Trinajstić information content (AvgIpc) is 2.95. The summed E-state index contributed by atoms with van der Waals surface area (Å²) in [6, 6.07) is 0. The minimum atomic E-state index is -0.528. The molecular weight excluding hydrogens is 196 g/mol. The van der Waals surface area contributed by atoms with Gasteiger partial charge in [0.1, 0.15) is 12.2 Å². The molecule has 2 rings (SSSR count). The van der Waals surface area contributed by atoms with Crippen molar-refractivity contribution >= 4 is 0 Å². The van der Waals surface area contributed by atoms with Gasteiger partial charge < -0.3 is 19.3 Å². The monoisotopic (exact) mass is 216 g/mol. The second kappa shape index (κ2) is 5.25. The molecule has 2 fully saturated rings. The van der Waals surface area contributed by atoms with Crippen molar-refractivity contribution in [2.75, 3.05) is 6.61 Å². The lowest BCUT2D eigenvalue weighted by molar-refractivity contribution is -0.222. The van der Waals surface area contributed by atoms with Gasteiger partial charge in [0, 0.05) is 13.0 Å². The second-order valence-electron chi connectivity index (χ2n) is 4.28. The summed E-state index contributed by atoms with van der Waals surface area (Å²) in [6.07, 6.45) is 4.32. The smallest absolute Gasteiger partial charge is 0.187 e. The number of aliphatic hydroxyl groups is 1.